The highest BCUT2D eigenvalue weighted by Crippen LogP contribution is 2.20. The zero-order valence-electron chi connectivity index (χ0n) is 8.25. The summed E-state index contributed by atoms with van der Waals surface area (Å²) in [6.45, 7) is 0.845. The SMILES string of the molecule is O=C(O)c1ccc(S(=O)(=O)CC2COC2)o1. The molecule has 0 radical (unpaired) electrons. The Morgan fingerprint density at radius 2 is 2.12 bits per heavy atom. The third-order valence-electron chi connectivity index (χ3n) is 2.26. The normalized spacial score (nSPS) is 17.0. The standard InChI is InChI=1S/C9H10O6S/c10-9(11)7-1-2-8(15-7)16(12,13)5-6-3-14-4-6/h1-2,6H,3-5H2,(H,10,11). The number of hydrogen-bond acceptors (Lipinski definition) is 5. The van der Waals surface area contributed by atoms with Gasteiger partial charge in [0.15, 0.2) is 0 Å². The van der Waals surface area contributed by atoms with E-state index in [2.05, 4.69) is 0 Å². The van der Waals surface area contributed by atoms with E-state index in [1.807, 2.05) is 0 Å². The number of sulfone groups is 1. The van der Waals surface area contributed by atoms with Crippen molar-refractivity contribution >= 4 is 15.8 Å². The second-order valence-electron chi connectivity index (χ2n) is 3.61. The van der Waals surface area contributed by atoms with Gasteiger partial charge in [-0.15, -0.1) is 0 Å². The average molecular weight is 246 g/mol. The second-order valence-corrected chi connectivity index (χ2v) is 5.57. The first-order valence-corrected chi connectivity index (χ1v) is 6.28. The molecule has 1 aliphatic heterocycles. The van der Waals surface area contributed by atoms with Gasteiger partial charge in [0.05, 0.1) is 19.0 Å². The van der Waals surface area contributed by atoms with Gasteiger partial charge in [-0.25, -0.2) is 13.2 Å². The molecule has 0 saturated carbocycles. The Morgan fingerprint density at radius 1 is 1.44 bits per heavy atom. The summed E-state index contributed by atoms with van der Waals surface area (Å²) in [5, 5.41) is 8.30. The minimum atomic E-state index is -3.54. The first-order chi connectivity index (χ1) is 7.49. The highest BCUT2D eigenvalue weighted by molar-refractivity contribution is 7.91. The molecular formula is C9H10O6S. The van der Waals surface area contributed by atoms with Crippen LogP contribution in [0.4, 0.5) is 0 Å². The van der Waals surface area contributed by atoms with Gasteiger partial charge in [0, 0.05) is 5.92 Å². The number of furan rings is 1. The summed E-state index contributed by atoms with van der Waals surface area (Å²) in [6.07, 6.45) is 0. The van der Waals surface area contributed by atoms with Crippen molar-refractivity contribution in [2.24, 2.45) is 5.92 Å². The number of ether oxygens (including phenoxy) is 1. The van der Waals surface area contributed by atoms with E-state index in [0.717, 1.165) is 12.1 Å². The lowest BCUT2D eigenvalue weighted by Gasteiger charge is -2.24. The molecule has 0 bridgehead atoms. The Kier molecular flexibility index (Phi) is 2.73. The number of carbonyl (C=O) groups is 1. The summed E-state index contributed by atoms with van der Waals surface area (Å²) < 4.78 is 33.1. The molecule has 1 N–H and O–H groups in total. The van der Waals surface area contributed by atoms with Crippen LogP contribution in [0, 0.1) is 5.92 Å². The first-order valence-electron chi connectivity index (χ1n) is 4.62. The second kappa shape index (κ2) is 3.91. The van der Waals surface area contributed by atoms with E-state index in [1.54, 1.807) is 0 Å². The largest absolute Gasteiger partial charge is 0.475 e. The molecule has 1 saturated heterocycles. The van der Waals surface area contributed by atoms with E-state index in [4.69, 9.17) is 14.3 Å². The topological polar surface area (TPSA) is 93.8 Å². The Balaban J connectivity index is 2.17. The lowest BCUT2D eigenvalue weighted by atomic mass is 10.1. The van der Waals surface area contributed by atoms with E-state index >= 15 is 0 Å². The van der Waals surface area contributed by atoms with Crippen LogP contribution in [0.15, 0.2) is 21.6 Å². The Labute approximate surface area is 91.7 Å². The van der Waals surface area contributed by atoms with Crippen LogP contribution in [0.3, 0.4) is 0 Å². The van der Waals surface area contributed by atoms with Crippen molar-refractivity contribution in [3.05, 3.63) is 17.9 Å². The van der Waals surface area contributed by atoms with Gasteiger partial charge in [-0.3, -0.25) is 0 Å². The maximum absolute atomic E-state index is 11.7. The molecule has 16 heavy (non-hydrogen) atoms. The van der Waals surface area contributed by atoms with Crippen molar-refractivity contribution in [2.75, 3.05) is 19.0 Å². The highest BCUT2D eigenvalue weighted by atomic mass is 32.2. The molecule has 2 rings (SSSR count). The number of rotatable bonds is 4. The molecule has 0 aromatic carbocycles. The molecule has 1 aromatic rings. The van der Waals surface area contributed by atoms with Crippen molar-refractivity contribution in [2.45, 2.75) is 5.09 Å². The first kappa shape index (κ1) is 11.2. The van der Waals surface area contributed by atoms with E-state index in [-0.39, 0.29) is 22.5 Å². The van der Waals surface area contributed by atoms with Crippen LogP contribution in [-0.2, 0) is 14.6 Å². The van der Waals surface area contributed by atoms with Gasteiger partial charge < -0.3 is 14.3 Å². The molecule has 1 aromatic heterocycles. The molecule has 88 valence electrons. The van der Waals surface area contributed by atoms with Gasteiger partial charge >= 0.3 is 5.97 Å². The van der Waals surface area contributed by atoms with Crippen molar-refractivity contribution in [1.82, 2.24) is 0 Å². The molecule has 0 amide bonds. The predicted molar refractivity (Wildman–Crippen MR) is 52.0 cm³/mol. The zero-order chi connectivity index (χ0) is 11.8. The van der Waals surface area contributed by atoms with Crippen LogP contribution in [0.2, 0.25) is 0 Å². The van der Waals surface area contributed by atoms with Gasteiger partial charge in [-0.05, 0) is 12.1 Å². The fourth-order valence-corrected chi connectivity index (χ4v) is 2.84. The summed E-state index contributed by atoms with van der Waals surface area (Å²) in [6, 6.07) is 2.30. The number of carboxylic acids is 1. The minimum Gasteiger partial charge on any atom is -0.475 e. The number of carboxylic acid groups (broad SMARTS) is 1. The molecule has 1 fully saturated rings. The maximum atomic E-state index is 11.7. The predicted octanol–water partition coefficient (Wildman–Crippen LogP) is 0.398. The van der Waals surface area contributed by atoms with Gasteiger partial charge in [-0.1, -0.05) is 0 Å². The van der Waals surface area contributed by atoms with E-state index in [1.165, 1.54) is 0 Å². The van der Waals surface area contributed by atoms with E-state index < -0.39 is 15.8 Å². The Bertz CT molecular complexity index is 496. The Morgan fingerprint density at radius 3 is 2.56 bits per heavy atom. The zero-order valence-corrected chi connectivity index (χ0v) is 9.07. The van der Waals surface area contributed by atoms with Gasteiger partial charge in [0.2, 0.25) is 20.7 Å². The number of hydrogen-bond donors (Lipinski definition) is 1. The summed E-state index contributed by atoms with van der Waals surface area (Å²) in [5.41, 5.74) is 0. The molecule has 0 unspecified atom stereocenters. The monoisotopic (exact) mass is 246 g/mol. The van der Waals surface area contributed by atoms with Crippen LogP contribution in [-0.4, -0.2) is 38.5 Å². The maximum Gasteiger partial charge on any atom is 0.371 e. The van der Waals surface area contributed by atoms with Crippen LogP contribution >= 0.6 is 0 Å². The van der Waals surface area contributed by atoms with Crippen LogP contribution in [0.25, 0.3) is 0 Å². The van der Waals surface area contributed by atoms with Crippen LogP contribution in [0.1, 0.15) is 10.6 Å². The third kappa shape index (κ3) is 2.10. The molecular weight excluding hydrogens is 236 g/mol. The fraction of sp³-hybridized carbons (Fsp3) is 0.444. The van der Waals surface area contributed by atoms with Crippen molar-refractivity contribution < 1.29 is 27.5 Å². The molecule has 2 heterocycles. The average Bonchev–Trinajstić information content (AvgIpc) is 2.61. The molecule has 7 heteroatoms. The molecule has 0 atom stereocenters. The lowest BCUT2D eigenvalue weighted by Crippen LogP contribution is -2.33. The quantitative estimate of drug-likeness (QED) is 0.826. The van der Waals surface area contributed by atoms with Crippen molar-refractivity contribution in [1.29, 1.82) is 0 Å². The van der Waals surface area contributed by atoms with Gasteiger partial charge in [-0.2, -0.15) is 0 Å². The van der Waals surface area contributed by atoms with Crippen molar-refractivity contribution in [3.63, 3.8) is 0 Å². The number of aromatic carboxylic acids is 1. The fourth-order valence-electron chi connectivity index (χ4n) is 1.38. The molecule has 6 nitrogen and oxygen atoms in total. The highest BCUT2D eigenvalue weighted by Gasteiger charge is 2.29. The Hall–Kier alpha value is -1.34. The summed E-state index contributed by atoms with van der Waals surface area (Å²) in [7, 11) is -3.54. The van der Waals surface area contributed by atoms with Gasteiger partial charge in [0.1, 0.15) is 0 Å². The molecule has 0 spiro atoms. The summed E-state index contributed by atoms with van der Waals surface area (Å²) >= 11 is 0. The third-order valence-corrected chi connectivity index (χ3v) is 4.00. The summed E-state index contributed by atoms with van der Waals surface area (Å²) in [4.78, 5) is 10.5. The lowest BCUT2D eigenvalue weighted by molar-refractivity contribution is -0.0205. The van der Waals surface area contributed by atoms with Crippen molar-refractivity contribution in [3.8, 4) is 0 Å². The smallest absolute Gasteiger partial charge is 0.371 e. The minimum absolute atomic E-state index is 0.0246. The summed E-state index contributed by atoms with van der Waals surface area (Å²) in [5.74, 6) is -1.75. The van der Waals surface area contributed by atoms with E-state index in [0.29, 0.717) is 13.2 Å². The molecule has 1 aliphatic rings. The van der Waals surface area contributed by atoms with Gasteiger partial charge in [0.25, 0.3) is 0 Å². The molecule has 0 aliphatic carbocycles. The van der Waals surface area contributed by atoms with E-state index in [9.17, 15) is 13.2 Å². The van der Waals surface area contributed by atoms with Crippen LogP contribution < -0.4 is 0 Å². The van der Waals surface area contributed by atoms with Crippen LogP contribution in [0.5, 0.6) is 0 Å².